The molecule has 2 fully saturated rings. The maximum Gasteiger partial charge on any atom is 0.325 e. The van der Waals surface area contributed by atoms with Crippen LogP contribution >= 0.6 is 0 Å². The van der Waals surface area contributed by atoms with E-state index < -0.39 is 11.4 Å². The first kappa shape index (κ1) is 24.8. The first-order valence-electron chi connectivity index (χ1n) is 12.4. The van der Waals surface area contributed by atoms with Gasteiger partial charge < -0.3 is 19.1 Å². The normalized spacial score (nSPS) is 21.5. The fraction of sp³-hybridized carbons (Fsp3) is 0.393. The van der Waals surface area contributed by atoms with Gasteiger partial charge in [0.25, 0.3) is 0 Å². The molecule has 9 heteroatoms. The van der Waals surface area contributed by atoms with E-state index >= 15 is 0 Å². The molecule has 3 heterocycles. The van der Waals surface area contributed by atoms with E-state index in [0.717, 1.165) is 5.56 Å². The van der Waals surface area contributed by atoms with E-state index in [2.05, 4.69) is 5.16 Å². The van der Waals surface area contributed by atoms with Crippen LogP contribution in [0, 0.1) is 12.7 Å². The van der Waals surface area contributed by atoms with Crippen molar-refractivity contribution in [3.8, 4) is 5.75 Å². The molecule has 0 N–H and O–H groups in total. The molecule has 2 atom stereocenters. The van der Waals surface area contributed by atoms with Gasteiger partial charge in [-0.25, -0.2) is 9.18 Å². The highest BCUT2D eigenvalue weighted by Gasteiger charge is 2.61. The van der Waals surface area contributed by atoms with E-state index in [1.165, 1.54) is 12.1 Å². The molecular formula is C28H31FN4O4. The Kier molecular flexibility index (Phi) is 6.39. The average molecular weight is 507 g/mol. The number of rotatable bonds is 6. The summed E-state index contributed by atoms with van der Waals surface area (Å²) in [6.45, 7) is 6.77. The lowest BCUT2D eigenvalue weighted by Crippen LogP contribution is -2.53. The van der Waals surface area contributed by atoms with Crippen molar-refractivity contribution >= 4 is 17.6 Å². The zero-order valence-corrected chi connectivity index (χ0v) is 21.5. The number of carbonyl (C=O) groups is 2. The third-order valence-corrected chi connectivity index (χ3v) is 7.40. The number of likely N-dealkylation sites (tertiary alicyclic amines) is 1. The van der Waals surface area contributed by atoms with E-state index in [1.54, 1.807) is 40.0 Å². The molecule has 0 bridgehead atoms. The minimum absolute atomic E-state index is 0.0668. The molecule has 8 nitrogen and oxygen atoms in total. The van der Waals surface area contributed by atoms with E-state index in [9.17, 15) is 14.0 Å². The molecule has 37 heavy (non-hydrogen) atoms. The van der Waals surface area contributed by atoms with Gasteiger partial charge in [-0.3, -0.25) is 9.69 Å². The number of methoxy groups -OCH3 is 1. The Bertz CT molecular complexity index is 1320. The lowest BCUT2D eigenvalue weighted by Gasteiger charge is -2.38. The van der Waals surface area contributed by atoms with Crippen molar-refractivity contribution in [3.05, 3.63) is 77.4 Å². The molecule has 2 aliphatic rings. The molecule has 3 amide bonds. The van der Waals surface area contributed by atoms with Crippen LogP contribution in [-0.4, -0.2) is 65.2 Å². The molecule has 0 radical (unpaired) electrons. The summed E-state index contributed by atoms with van der Waals surface area (Å²) in [7, 11) is 1.61. The van der Waals surface area contributed by atoms with Crippen molar-refractivity contribution in [2.24, 2.45) is 0 Å². The van der Waals surface area contributed by atoms with Crippen LogP contribution in [0.5, 0.6) is 5.75 Å². The Morgan fingerprint density at radius 2 is 1.97 bits per heavy atom. The lowest BCUT2D eigenvalue weighted by atomic mass is 9.80. The van der Waals surface area contributed by atoms with Gasteiger partial charge in [0.15, 0.2) is 0 Å². The van der Waals surface area contributed by atoms with Crippen LogP contribution < -0.4 is 9.64 Å². The number of hydrogen-bond acceptors (Lipinski definition) is 5. The van der Waals surface area contributed by atoms with Crippen molar-refractivity contribution in [2.45, 2.75) is 44.7 Å². The predicted octanol–water partition coefficient (Wildman–Crippen LogP) is 4.39. The average Bonchev–Trinajstić information content (AvgIpc) is 3.54. The maximum atomic E-state index is 14.4. The number of benzene rings is 2. The molecule has 0 unspecified atom stereocenters. The highest BCUT2D eigenvalue weighted by Crippen LogP contribution is 2.49. The zero-order chi connectivity index (χ0) is 26.3. The van der Waals surface area contributed by atoms with Crippen LogP contribution in [0.3, 0.4) is 0 Å². The fourth-order valence-electron chi connectivity index (χ4n) is 5.71. The fourth-order valence-corrected chi connectivity index (χ4v) is 5.71. The summed E-state index contributed by atoms with van der Waals surface area (Å²) in [5.74, 6) is 0.346. The van der Waals surface area contributed by atoms with Crippen molar-refractivity contribution in [2.75, 3.05) is 31.6 Å². The van der Waals surface area contributed by atoms with Crippen LogP contribution in [0.25, 0.3) is 0 Å². The Morgan fingerprint density at radius 3 is 2.65 bits per heavy atom. The van der Waals surface area contributed by atoms with Crippen LogP contribution in [0.1, 0.15) is 36.8 Å². The van der Waals surface area contributed by atoms with Gasteiger partial charge in [-0.1, -0.05) is 29.4 Å². The van der Waals surface area contributed by atoms with Crippen LogP contribution in [0.4, 0.5) is 14.9 Å². The standard InChI is InChI=1S/C28H31FN4O4/c1-18(2)32-17-28(33(27(32)35)21-9-7-8-20(29)13-21)16-31(26(34)14-22-12-19(3)30-37-22)15-24(28)23-10-5-6-11-25(23)36-4/h5-13,18,24H,14-17H2,1-4H3/t24-,28-/m1/s1. The van der Waals surface area contributed by atoms with Crippen molar-refractivity contribution < 1.29 is 23.2 Å². The summed E-state index contributed by atoms with van der Waals surface area (Å²) >= 11 is 0. The lowest BCUT2D eigenvalue weighted by molar-refractivity contribution is -0.129. The van der Waals surface area contributed by atoms with E-state index in [4.69, 9.17) is 9.26 Å². The molecule has 5 rings (SSSR count). The molecular weight excluding hydrogens is 475 g/mol. The highest BCUT2D eigenvalue weighted by atomic mass is 19.1. The van der Waals surface area contributed by atoms with Crippen LogP contribution in [-0.2, 0) is 11.2 Å². The summed E-state index contributed by atoms with van der Waals surface area (Å²) in [4.78, 5) is 32.7. The summed E-state index contributed by atoms with van der Waals surface area (Å²) < 4.78 is 25.4. The summed E-state index contributed by atoms with van der Waals surface area (Å²) in [5.41, 5.74) is 1.24. The van der Waals surface area contributed by atoms with Gasteiger partial charge in [0.1, 0.15) is 17.3 Å². The topological polar surface area (TPSA) is 79.1 Å². The Hall–Kier alpha value is -3.88. The van der Waals surface area contributed by atoms with Gasteiger partial charge in [-0.05, 0) is 45.0 Å². The predicted molar refractivity (Wildman–Crippen MR) is 136 cm³/mol. The Balaban J connectivity index is 1.63. The number of aryl methyl sites for hydroxylation is 1. The zero-order valence-electron chi connectivity index (χ0n) is 21.5. The van der Waals surface area contributed by atoms with Gasteiger partial charge in [0.2, 0.25) is 5.91 Å². The van der Waals surface area contributed by atoms with Crippen molar-refractivity contribution in [3.63, 3.8) is 0 Å². The number of para-hydroxylation sites is 1. The van der Waals surface area contributed by atoms with E-state index in [1.807, 2.05) is 45.0 Å². The molecule has 194 valence electrons. The van der Waals surface area contributed by atoms with Crippen molar-refractivity contribution in [1.29, 1.82) is 0 Å². The number of aromatic nitrogens is 1. The minimum atomic E-state index is -0.837. The third kappa shape index (κ3) is 4.32. The number of amides is 3. The summed E-state index contributed by atoms with van der Waals surface area (Å²) in [6, 6.07) is 15.2. The summed E-state index contributed by atoms with van der Waals surface area (Å²) in [5, 5.41) is 3.89. The highest BCUT2D eigenvalue weighted by molar-refractivity contribution is 5.97. The van der Waals surface area contributed by atoms with Gasteiger partial charge >= 0.3 is 6.03 Å². The van der Waals surface area contributed by atoms with Crippen LogP contribution in [0.2, 0.25) is 0 Å². The number of hydrogen-bond donors (Lipinski definition) is 0. The molecule has 1 aromatic heterocycles. The largest absolute Gasteiger partial charge is 0.496 e. The SMILES string of the molecule is COc1ccccc1[C@H]1CN(C(=O)Cc2cc(C)no2)C[C@@]12CN(C(C)C)C(=O)N2c1cccc(F)c1. The smallest absolute Gasteiger partial charge is 0.325 e. The first-order chi connectivity index (χ1) is 17.7. The molecule has 2 aliphatic heterocycles. The maximum absolute atomic E-state index is 14.4. The second-order valence-electron chi connectivity index (χ2n) is 10.1. The summed E-state index contributed by atoms with van der Waals surface area (Å²) in [6.07, 6.45) is 0.0668. The van der Waals surface area contributed by atoms with E-state index in [-0.39, 0.29) is 36.9 Å². The number of halogens is 1. The molecule has 2 aromatic carbocycles. The van der Waals surface area contributed by atoms with E-state index in [0.29, 0.717) is 36.0 Å². The molecule has 0 aliphatic carbocycles. The molecule has 3 aromatic rings. The van der Waals surface area contributed by atoms with Gasteiger partial charge in [-0.2, -0.15) is 0 Å². The van der Waals surface area contributed by atoms with Gasteiger partial charge in [0.05, 0.1) is 24.8 Å². The Morgan fingerprint density at radius 1 is 1.19 bits per heavy atom. The minimum Gasteiger partial charge on any atom is -0.496 e. The molecule has 0 saturated carbocycles. The first-order valence-corrected chi connectivity index (χ1v) is 12.4. The van der Waals surface area contributed by atoms with Crippen LogP contribution in [0.15, 0.2) is 59.1 Å². The van der Waals surface area contributed by atoms with Crippen molar-refractivity contribution in [1.82, 2.24) is 15.0 Å². The van der Waals surface area contributed by atoms with Gasteiger partial charge in [-0.15, -0.1) is 0 Å². The number of anilines is 1. The molecule has 1 spiro atoms. The second kappa shape index (κ2) is 9.53. The number of nitrogens with zero attached hydrogens (tertiary/aromatic N) is 4. The number of carbonyl (C=O) groups excluding carboxylic acids is 2. The third-order valence-electron chi connectivity index (χ3n) is 7.40. The monoisotopic (exact) mass is 506 g/mol. The number of urea groups is 1. The Labute approximate surface area is 215 Å². The second-order valence-corrected chi connectivity index (χ2v) is 10.1. The van der Waals surface area contributed by atoms with Gasteiger partial charge in [0, 0.05) is 48.9 Å². The quantitative estimate of drug-likeness (QED) is 0.496. The number of ether oxygens (including phenoxy) is 1. The molecule has 2 saturated heterocycles.